The summed E-state index contributed by atoms with van der Waals surface area (Å²) in [5.74, 6) is -0.347. The number of fused-ring (bicyclic) bond motifs is 1. The SMILES string of the molecule is CCOC(=O)Cn1nc(C(C)C)c2nc(I)sc2c1=O. The first-order valence-electron chi connectivity index (χ1n) is 6.16. The van der Waals surface area contributed by atoms with Gasteiger partial charge < -0.3 is 4.74 Å². The van der Waals surface area contributed by atoms with Crippen molar-refractivity contribution in [2.24, 2.45) is 0 Å². The lowest BCUT2D eigenvalue weighted by atomic mass is 10.1. The Balaban J connectivity index is 2.58. The Labute approximate surface area is 133 Å². The first kappa shape index (κ1) is 15.4. The third kappa shape index (κ3) is 3.00. The molecule has 0 saturated heterocycles. The molecule has 2 rings (SSSR count). The van der Waals surface area contributed by atoms with Crippen molar-refractivity contribution in [2.75, 3.05) is 6.61 Å². The molecule has 0 N–H and O–H groups in total. The van der Waals surface area contributed by atoms with Gasteiger partial charge in [-0.3, -0.25) is 9.59 Å². The standard InChI is InChI=1S/C12H14IN3O3S/c1-4-19-7(17)5-16-11(18)10-9(14-12(13)20-10)8(15-16)6(2)3/h6H,4-5H2,1-3H3. The average Bonchev–Trinajstić information content (AvgIpc) is 2.74. The van der Waals surface area contributed by atoms with Crippen LogP contribution < -0.4 is 5.56 Å². The Bertz CT molecular complexity index is 708. The summed E-state index contributed by atoms with van der Waals surface area (Å²) in [5, 5.41) is 4.28. The maximum atomic E-state index is 12.3. The summed E-state index contributed by atoms with van der Waals surface area (Å²) in [7, 11) is 0. The molecule has 0 saturated carbocycles. The van der Waals surface area contributed by atoms with Gasteiger partial charge in [0.2, 0.25) is 0 Å². The molecule has 0 radical (unpaired) electrons. The quantitative estimate of drug-likeness (QED) is 0.574. The lowest BCUT2D eigenvalue weighted by molar-refractivity contribution is -0.144. The van der Waals surface area contributed by atoms with Gasteiger partial charge in [-0.15, -0.1) is 11.3 Å². The second-order valence-corrected chi connectivity index (χ2v) is 7.21. The van der Waals surface area contributed by atoms with E-state index in [4.69, 9.17) is 4.74 Å². The number of rotatable bonds is 4. The van der Waals surface area contributed by atoms with E-state index >= 15 is 0 Å². The summed E-state index contributed by atoms with van der Waals surface area (Å²) in [6.45, 7) is 5.80. The van der Waals surface area contributed by atoms with Crippen LogP contribution in [0.3, 0.4) is 0 Å². The van der Waals surface area contributed by atoms with Crippen LogP contribution in [0, 0.1) is 3.01 Å². The van der Waals surface area contributed by atoms with E-state index in [-0.39, 0.29) is 24.6 Å². The Hall–Kier alpha value is -1.03. The smallest absolute Gasteiger partial charge is 0.327 e. The van der Waals surface area contributed by atoms with Crippen LogP contribution in [0.1, 0.15) is 32.4 Å². The molecule has 0 bridgehead atoms. The van der Waals surface area contributed by atoms with E-state index in [0.29, 0.717) is 10.2 Å². The summed E-state index contributed by atoms with van der Waals surface area (Å²) in [6, 6.07) is 0. The minimum atomic E-state index is -0.463. The molecule has 6 nitrogen and oxygen atoms in total. The summed E-state index contributed by atoms with van der Waals surface area (Å²) in [5.41, 5.74) is 1.07. The highest BCUT2D eigenvalue weighted by Gasteiger charge is 2.18. The van der Waals surface area contributed by atoms with Crippen molar-refractivity contribution in [1.82, 2.24) is 14.8 Å². The fraction of sp³-hybridized carbons (Fsp3) is 0.500. The van der Waals surface area contributed by atoms with Crippen molar-refractivity contribution >= 4 is 50.1 Å². The van der Waals surface area contributed by atoms with Crippen molar-refractivity contribution in [2.45, 2.75) is 33.2 Å². The highest BCUT2D eigenvalue weighted by atomic mass is 127. The van der Waals surface area contributed by atoms with Gasteiger partial charge in [-0.1, -0.05) is 13.8 Å². The van der Waals surface area contributed by atoms with Crippen LogP contribution in [0.2, 0.25) is 0 Å². The number of nitrogens with zero attached hydrogens (tertiary/aromatic N) is 3. The van der Waals surface area contributed by atoms with Crippen molar-refractivity contribution in [3.05, 3.63) is 19.1 Å². The van der Waals surface area contributed by atoms with Gasteiger partial charge in [0, 0.05) is 0 Å². The zero-order valence-electron chi connectivity index (χ0n) is 11.3. The number of hydrogen-bond acceptors (Lipinski definition) is 6. The first-order valence-corrected chi connectivity index (χ1v) is 8.06. The third-order valence-electron chi connectivity index (χ3n) is 2.63. The topological polar surface area (TPSA) is 74.1 Å². The second-order valence-electron chi connectivity index (χ2n) is 4.45. The number of ether oxygens (including phenoxy) is 1. The summed E-state index contributed by atoms with van der Waals surface area (Å²) in [6.07, 6.45) is 0. The molecule has 8 heteroatoms. The maximum absolute atomic E-state index is 12.3. The van der Waals surface area contributed by atoms with E-state index in [1.54, 1.807) is 6.92 Å². The van der Waals surface area contributed by atoms with E-state index in [1.165, 1.54) is 16.0 Å². The van der Waals surface area contributed by atoms with E-state index < -0.39 is 5.97 Å². The summed E-state index contributed by atoms with van der Waals surface area (Å²) >= 11 is 3.40. The average molecular weight is 407 g/mol. The van der Waals surface area contributed by atoms with Crippen molar-refractivity contribution in [3.8, 4) is 0 Å². The fourth-order valence-corrected chi connectivity index (χ4v) is 3.42. The van der Waals surface area contributed by atoms with Crippen LogP contribution in [0.4, 0.5) is 0 Å². The minimum absolute atomic E-state index is 0.115. The highest BCUT2D eigenvalue weighted by Crippen LogP contribution is 2.25. The van der Waals surface area contributed by atoms with Gasteiger partial charge in [0.05, 0.1) is 12.3 Å². The molecular formula is C12H14IN3O3S. The fourth-order valence-electron chi connectivity index (χ4n) is 1.78. The molecule has 20 heavy (non-hydrogen) atoms. The normalized spacial score (nSPS) is 11.2. The van der Waals surface area contributed by atoms with Crippen molar-refractivity contribution in [3.63, 3.8) is 0 Å². The number of hydrogen-bond donors (Lipinski definition) is 0. The van der Waals surface area contributed by atoms with E-state index in [1.807, 2.05) is 13.8 Å². The number of carbonyl (C=O) groups is 1. The Morgan fingerprint density at radius 2 is 2.20 bits per heavy atom. The van der Waals surface area contributed by atoms with Gasteiger partial charge in [0.1, 0.15) is 16.8 Å². The Morgan fingerprint density at radius 3 is 2.80 bits per heavy atom. The van der Waals surface area contributed by atoms with Gasteiger partial charge in [-0.2, -0.15) is 5.10 Å². The van der Waals surface area contributed by atoms with Gasteiger partial charge >= 0.3 is 5.97 Å². The molecule has 2 heterocycles. The monoisotopic (exact) mass is 407 g/mol. The van der Waals surface area contributed by atoms with E-state index in [0.717, 1.165) is 8.71 Å². The van der Waals surface area contributed by atoms with Crippen LogP contribution in [0.25, 0.3) is 10.2 Å². The molecule has 0 aliphatic heterocycles. The minimum Gasteiger partial charge on any atom is -0.465 e. The number of thiazole rings is 1. The second kappa shape index (κ2) is 6.17. The zero-order valence-corrected chi connectivity index (χ0v) is 14.3. The molecule has 0 fully saturated rings. The summed E-state index contributed by atoms with van der Waals surface area (Å²) < 4.78 is 7.36. The number of esters is 1. The zero-order chi connectivity index (χ0) is 14.9. The lowest BCUT2D eigenvalue weighted by Crippen LogP contribution is -2.28. The van der Waals surface area contributed by atoms with E-state index in [2.05, 4.69) is 32.7 Å². The number of carbonyl (C=O) groups excluding carboxylic acids is 1. The highest BCUT2D eigenvalue weighted by molar-refractivity contribution is 14.1. The largest absolute Gasteiger partial charge is 0.465 e. The molecule has 108 valence electrons. The van der Waals surface area contributed by atoms with Crippen LogP contribution in [0.15, 0.2) is 4.79 Å². The van der Waals surface area contributed by atoms with Crippen LogP contribution in [0.5, 0.6) is 0 Å². The number of aromatic nitrogens is 3. The predicted octanol–water partition coefficient (Wildman–Crippen LogP) is 2.14. The predicted molar refractivity (Wildman–Crippen MR) is 85.1 cm³/mol. The molecule has 0 aliphatic rings. The summed E-state index contributed by atoms with van der Waals surface area (Å²) in [4.78, 5) is 28.2. The molecular weight excluding hydrogens is 393 g/mol. The molecule has 0 atom stereocenters. The molecule has 0 aliphatic carbocycles. The van der Waals surface area contributed by atoms with Gasteiger partial charge in [0.25, 0.3) is 5.56 Å². The Kier molecular flexibility index (Phi) is 4.74. The van der Waals surface area contributed by atoms with Crippen LogP contribution in [-0.2, 0) is 16.1 Å². The molecule has 0 unspecified atom stereocenters. The van der Waals surface area contributed by atoms with Crippen LogP contribution >= 0.6 is 33.9 Å². The molecule has 0 spiro atoms. The Morgan fingerprint density at radius 1 is 1.50 bits per heavy atom. The maximum Gasteiger partial charge on any atom is 0.327 e. The molecule has 2 aromatic rings. The first-order chi connectivity index (χ1) is 9.43. The van der Waals surface area contributed by atoms with Crippen LogP contribution in [-0.4, -0.2) is 27.3 Å². The number of halogens is 1. The van der Waals surface area contributed by atoms with Crippen molar-refractivity contribution < 1.29 is 9.53 Å². The van der Waals surface area contributed by atoms with Gasteiger partial charge in [0.15, 0.2) is 3.01 Å². The molecule has 2 aromatic heterocycles. The molecule has 0 amide bonds. The van der Waals surface area contributed by atoms with Crippen molar-refractivity contribution in [1.29, 1.82) is 0 Å². The van der Waals surface area contributed by atoms with Gasteiger partial charge in [-0.25, -0.2) is 9.67 Å². The molecule has 0 aromatic carbocycles. The van der Waals surface area contributed by atoms with Gasteiger partial charge in [-0.05, 0) is 35.4 Å². The van der Waals surface area contributed by atoms with E-state index in [9.17, 15) is 9.59 Å². The lowest BCUT2D eigenvalue weighted by Gasteiger charge is -2.09. The third-order valence-corrected chi connectivity index (χ3v) is 4.37.